The molecular weight excluding hydrogens is 264 g/mol. The minimum Gasteiger partial charge on any atom is -0.361 e. The first-order chi connectivity index (χ1) is 8.97. The molecule has 0 atom stereocenters. The fraction of sp³-hybridized carbons (Fsp3) is 0.286. The topological polar surface area (TPSA) is 55.1 Å². The standard InChI is InChI=1S/C14H15ClN2O2/c1-8-4-5-11(6-13(8)15)16-14(18)7-12-9(2)17-19-10(12)3/h4-6H,7H2,1-3H3,(H,16,18). The van der Waals surface area contributed by atoms with Crippen LogP contribution in [0.25, 0.3) is 0 Å². The summed E-state index contributed by atoms with van der Waals surface area (Å²) in [5.41, 5.74) is 3.24. The van der Waals surface area contributed by atoms with E-state index in [9.17, 15) is 4.79 Å². The monoisotopic (exact) mass is 278 g/mol. The molecule has 1 amide bonds. The molecule has 0 unspecified atom stereocenters. The molecule has 4 nitrogen and oxygen atoms in total. The van der Waals surface area contributed by atoms with Crippen LogP contribution in [0.5, 0.6) is 0 Å². The van der Waals surface area contributed by atoms with Crippen molar-refractivity contribution in [3.63, 3.8) is 0 Å². The molecule has 0 saturated carbocycles. The number of amides is 1. The Balaban J connectivity index is 2.07. The van der Waals surface area contributed by atoms with Crippen LogP contribution >= 0.6 is 11.6 Å². The zero-order valence-electron chi connectivity index (χ0n) is 11.1. The lowest BCUT2D eigenvalue weighted by Gasteiger charge is -2.06. The Kier molecular flexibility index (Phi) is 3.90. The summed E-state index contributed by atoms with van der Waals surface area (Å²) in [4.78, 5) is 12.0. The summed E-state index contributed by atoms with van der Waals surface area (Å²) in [7, 11) is 0. The predicted molar refractivity (Wildman–Crippen MR) is 74.5 cm³/mol. The minimum atomic E-state index is -0.116. The molecule has 0 fully saturated rings. The molecule has 1 aromatic carbocycles. The number of anilines is 1. The van der Waals surface area contributed by atoms with E-state index in [0.717, 1.165) is 16.8 Å². The van der Waals surface area contributed by atoms with Crippen LogP contribution in [0.2, 0.25) is 5.02 Å². The molecule has 2 rings (SSSR count). The lowest BCUT2D eigenvalue weighted by Crippen LogP contribution is -2.15. The van der Waals surface area contributed by atoms with Gasteiger partial charge in [-0.15, -0.1) is 0 Å². The molecular formula is C14H15ClN2O2. The number of rotatable bonds is 3. The summed E-state index contributed by atoms with van der Waals surface area (Å²) in [5, 5.41) is 7.27. The van der Waals surface area contributed by atoms with Crippen LogP contribution in [0, 0.1) is 20.8 Å². The van der Waals surface area contributed by atoms with Crippen molar-refractivity contribution in [3.8, 4) is 0 Å². The molecule has 0 saturated heterocycles. The van der Waals surface area contributed by atoms with E-state index in [-0.39, 0.29) is 12.3 Å². The van der Waals surface area contributed by atoms with Gasteiger partial charge in [0.1, 0.15) is 5.76 Å². The van der Waals surface area contributed by atoms with Gasteiger partial charge in [0, 0.05) is 16.3 Å². The van der Waals surface area contributed by atoms with E-state index in [2.05, 4.69) is 10.5 Å². The highest BCUT2D eigenvalue weighted by Crippen LogP contribution is 2.20. The average Bonchev–Trinajstić information content (AvgIpc) is 2.66. The van der Waals surface area contributed by atoms with Crippen molar-refractivity contribution >= 4 is 23.2 Å². The van der Waals surface area contributed by atoms with Crippen molar-refractivity contribution in [2.75, 3.05) is 5.32 Å². The highest BCUT2D eigenvalue weighted by molar-refractivity contribution is 6.31. The van der Waals surface area contributed by atoms with E-state index < -0.39 is 0 Å². The normalized spacial score (nSPS) is 10.5. The van der Waals surface area contributed by atoms with Crippen molar-refractivity contribution in [2.24, 2.45) is 0 Å². The molecule has 100 valence electrons. The maximum Gasteiger partial charge on any atom is 0.229 e. The molecule has 19 heavy (non-hydrogen) atoms. The Morgan fingerprint density at radius 1 is 1.37 bits per heavy atom. The first-order valence-corrected chi connectivity index (χ1v) is 6.33. The summed E-state index contributed by atoms with van der Waals surface area (Å²) < 4.78 is 5.03. The van der Waals surface area contributed by atoms with E-state index >= 15 is 0 Å². The summed E-state index contributed by atoms with van der Waals surface area (Å²) >= 11 is 6.01. The molecule has 1 heterocycles. The summed E-state index contributed by atoms with van der Waals surface area (Å²) in [6, 6.07) is 5.43. The van der Waals surface area contributed by atoms with Gasteiger partial charge in [-0.3, -0.25) is 4.79 Å². The van der Waals surface area contributed by atoms with Crippen LogP contribution in [-0.4, -0.2) is 11.1 Å². The molecule has 0 aliphatic rings. The van der Waals surface area contributed by atoms with Gasteiger partial charge in [-0.2, -0.15) is 0 Å². The van der Waals surface area contributed by atoms with Crippen LogP contribution in [0.1, 0.15) is 22.6 Å². The van der Waals surface area contributed by atoms with E-state index in [4.69, 9.17) is 16.1 Å². The van der Waals surface area contributed by atoms with Crippen LogP contribution in [0.3, 0.4) is 0 Å². The molecule has 2 aromatic rings. The zero-order valence-corrected chi connectivity index (χ0v) is 11.8. The van der Waals surface area contributed by atoms with Crippen molar-refractivity contribution in [1.29, 1.82) is 0 Å². The number of benzene rings is 1. The number of nitrogens with zero attached hydrogens (tertiary/aromatic N) is 1. The minimum absolute atomic E-state index is 0.116. The van der Waals surface area contributed by atoms with E-state index in [1.807, 2.05) is 26.0 Å². The number of halogens is 1. The van der Waals surface area contributed by atoms with Crippen LogP contribution in [0.15, 0.2) is 22.7 Å². The Bertz CT molecular complexity index is 600. The summed E-state index contributed by atoms with van der Waals surface area (Å²) in [6.45, 7) is 5.53. The number of nitrogens with one attached hydrogen (secondary N) is 1. The third-order valence-electron chi connectivity index (χ3n) is 2.97. The largest absolute Gasteiger partial charge is 0.361 e. The lowest BCUT2D eigenvalue weighted by atomic mass is 10.1. The number of carbonyl (C=O) groups excluding carboxylic acids is 1. The molecule has 0 aliphatic heterocycles. The van der Waals surface area contributed by atoms with E-state index in [1.165, 1.54) is 0 Å². The quantitative estimate of drug-likeness (QED) is 0.936. The van der Waals surface area contributed by atoms with Gasteiger partial charge in [-0.25, -0.2) is 0 Å². The molecule has 5 heteroatoms. The predicted octanol–water partition coefficient (Wildman–Crippen LogP) is 3.43. The number of aryl methyl sites for hydroxylation is 3. The molecule has 0 bridgehead atoms. The maximum atomic E-state index is 12.0. The van der Waals surface area contributed by atoms with Crippen LogP contribution < -0.4 is 5.32 Å². The van der Waals surface area contributed by atoms with Crippen molar-refractivity contribution in [1.82, 2.24) is 5.16 Å². The second kappa shape index (κ2) is 5.45. The van der Waals surface area contributed by atoms with Gasteiger partial charge in [-0.05, 0) is 38.5 Å². The third-order valence-corrected chi connectivity index (χ3v) is 3.38. The molecule has 0 aliphatic carbocycles. The van der Waals surface area contributed by atoms with Crippen molar-refractivity contribution < 1.29 is 9.32 Å². The zero-order chi connectivity index (χ0) is 14.0. The van der Waals surface area contributed by atoms with Gasteiger partial charge in [-0.1, -0.05) is 22.8 Å². The highest BCUT2D eigenvalue weighted by Gasteiger charge is 2.13. The fourth-order valence-electron chi connectivity index (χ4n) is 1.79. The fourth-order valence-corrected chi connectivity index (χ4v) is 1.97. The Hall–Kier alpha value is -1.81. The highest BCUT2D eigenvalue weighted by atomic mass is 35.5. The van der Waals surface area contributed by atoms with E-state index in [1.54, 1.807) is 13.0 Å². The number of hydrogen-bond donors (Lipinski definition) is 1. The molecule has 0 spiro atoms. The number of hydrogen-bond acceptors (Lipinski definition) is 3. The van der Waals surface area contributed by atoms with Gasteiger partial charge in [0.15, 0.2) is 0 Å². The SMILES string of the molecule is Cc1ccc(NC(=O)Cc2c(C)noc2C)cc1Cl. The lowest BCUT2D eigenvalue weighted by molar-refractivity contribution is -0.115. The second-order valence-corrected chi connectivity index (χ2v) is 4.90. The number of carbonyl (C=O) groups is 1. The van der Waals surface area contributed by atoms with Gasteiger partial charge in [0.25, 0.3) is 0 Å². The Morgan fingerprint density at radius 2 is 2.11 bits per heavy atom. The van der Waals surface area contributed by atoms with Gasteiger partial charge in [0.05, 0.1) is 12.1 Å². The van der Waals surface area contributed by atoms with Crippen molar-refractivity contribution in [3.05, 3.63) is 45.8 Å². The van der Waals surface area contributed by atoms with Gasteiger partial charge < -0.3 is 9.84 Å². The van der Waals surface area contributed by atoms with E-state index in [0.29, 0.717) is 16.5 Å². The summed E-state index contributed by atoms with van der Waals surface area (Å²) in [5.74, 6) is 0.559. The van der Waals surface area contributed by atoms with Crippen LogP contribution in [0.4, 0.5) is 5.69 Å². The second-order valence-electron chi connectivity index (χ2n) is 4.49. The maximum absolute atomic E-state index is 12.0. The third kappa shape index (κ3) is 3.15. The smallest absolute Gasteiger partial charge is 0.229 e. The first kappa shape index (κ1) is 13.6. The Labute approximate surface area is 116 Å². The van der Waals surface area contributed by atoms with Crippen LogP contribution in [-0.2, 0) is 11.2 Å². The van der Waals surface area contributed by atoms with Gasteiger partial charge >= 0.3 is 0 Å². The first-order valence-electron chi connectivity index (χ1n) is 5.95. The average molecular weight is 279 g/mol. The molecule has 1 aromatic heterocycles. The van der Waals surface area contributed by atoms with Crippen molar-refractivity contribution in [2.45, 2.75) is 27.2 Å². The molecule has 0 radical (unpaired) electrons. The van der Waals surface area contributed by atoms with Gasteiger partial charge in [0.2, 0.25) is 5.91 Å². The Morgan fingerprint density at radius 3 is 2.68 bits per heavy atom. The molecule has 1 N–H and O–H groups in total. The summed E-state index contributed by atoms with van der Waals surface area (Å²) in [6.07, 6.45) is 0.243. The number of aromatic nitrogens is 1.